The van der Waals surface area contributed by atoms with Gasteiger partial charge >= 0.3 is 0 Å². The molecule has 1 heterocycles. The van der Waals surface area contributed by atoms with Gasteiger partial charge in [-0.3, -0.25) is 4.79 Å². The van der Waals surface area contributed by atoms with Crippen LogP contribution in [0.5, 0.6) is 0 Å². The molecule has 0 unspecified atom stereocenters. The number of benzene rings is 2. The fourth-order valence-electron chi connectivity index (χ4n) is 2.23. The molecule has 0 aliphatic carbocycles. The molecule has 0 radical (unpaired) electrons. The number of hydrogen-bond donors (Lipinski definition) is 4. The predicted octanol–water partition coefficient (Wildman–Crippen LogP) is 1.90. The molecule has 0 atom stereocenters. The number of furan rings is 1. The molecule has 0 bridgehead atoms. The molecule has 3 aromatic rings. The number of fused-ring (bicyclic) bond motifs is 1. The summed E-state index contributed by atoms with van der Waals surface area (Å²) in [6.07, 6.45) is 0. The maximum absolute atomic E-state index is 12.3. The van der Waals surface area contributed by atoms with Gasteiger partial charge in [0.1, 0.15) is 5.58 Å². The molecule has 0 fully saturated rings. The first-order valence-corrected chi connectivity index (χ1v) is 7.35. The van der Waals surface area contributed by atoms with Gasteiger partial charge in [-0.1, -0.05) is 24.3 Å². The number of para-hydroxylation sites is 1. The number of hydrogen-bond acceptors (Lipinski definition) is 3. The van der Waals surface area contributed by atoms with E-state index in [1.165, 1.54) is 0 Å². The van der Waals surface area contributed by atoms with Crippen LogP contribution in [0.1, 0.15) is 10.6 Å². The van der Waals surface area contributed by atoms with Gasteiger partial charge in [0.25, 0.3) is 5.91 Å². The number of aliphatic imine (C=N–C) groups is 2. The molecule has 8 heteroatoms. The summed E-state index contributed by atoms with van der Waals surface area (Å²) in [5.74, 6) is -0.416. The number of guanidine groups is 2. The van der Waals surface area contributed by atoms with E-state index in [9.17, 15) is 4.79 Å². The van der Waals surface area contributed by atoms with Gasteiger partial charge in [0.05, 0.1) is 5.69 Å². The molecule has 0 saturated carbocycles. The van der Waals surface area contributed by atoms with Crippen LogP contribution in [-0.4, -0.2) is 17.8 Å². The highest BCUT2D eigenvalue weighted by molar-refractivity contribution is 6.04. The van der Waals surface area contributed by atoms with Crippen molar-refractivity contribution in [1.82, 2.24) is 0 Å². The minimum Gasteiger partial charge on any atom is -0.451 e. The molecule has 126 valence electrons. The van der Waals surface area contributed by atoms with E-state index in [4.69, 9.17) is 21.6 Å². The van der Waals surface area contributed by atoms with Gasteiger partial charge in [0, 0.05) is 11.1 Å². The smallest absolute Gasteiger partial charge is 0.291 e. The van der Waals surface area contributed by atoms with E-state index < -0.39 is 0 Å². The fourth-order valence-corrected chi connectivity index (χ4v) is 2.23. The van der Waals surface area contributed by atoms with Gasteiger partial charge in [-0.2, -0.15) is 4.99 Å². The Balaban J connectivity index is 1.79. The van der Waals surface area contributed by atoms with Crippen molar-refractivity contribution in [3.8, 4) is 0 Å². The summed E-state index contributed by atoms with van der Waals surface area (Å²) in [6.45, 7) is 0. The second-order valence-electron chi connectivity index (χ2n) is 5.16. The van der Waals surface area contributed by atoms with Gasteiger partial charge < -0.3 is 26.9 Å². The average molecular weight is 336 g/mol. The van der Waals surface area contributed by atoms with Crippen LogP contribution in [0.15, 0.2) is 69.0 Å². The molecule has 8 nitrogen and oxygen atoms in total. The second kappa shape index (κ2) is 6.75. The van der Waals surface area contributed by atoms with Crippen LogP contribution in [0.25, 0.3) is 11.0 Å². The average Bonchev–Trinajstić information content (AvgIpc) is 2.98. The molecule has 2 aromatic carbocycles. The molecule has 25 heavy (non-hydrogen) atoms. The Labute approximate surface area is 143 Å². The molecule has 3 rings (SSSR count). The molecular formula is C17H16N6O2. The van der Waals surface area contributed by atoms with Crippen molar-refractivity contribution >= 4 is 40.2 Å². The SMILES string of the molecule is NC(N)=NC(N)=Nc1cccc(NC(=O)c2cc3ccccc3o2)c1. The van der Waals surface area contributed by atoms with E-state index >= 15 is 0 Å². The summed E-state index contributed by atoms with van der Waals surface area (Å²) in [5.41, 5.74) is 17.7. The lowest BCUT2D eigenvalue weighted by Crippen LogP contribution is -2.26. The molecule has 1 aromatic heterocycles. The van der Waals surface area contributed by atoms with E-state index in [2.05, 4.69) is 15.3 Å². The molecule has 1 amide bonds. The molecular weight excluding hydrogens is 320 g/mol. The molecule has 7 N–H and O–H groups in total. The molecule has 0 saturated heterocycles. The van der Waals surface area contributed by atoms with Crippen LogP contribution >= 0.6 is 0 Å². The Bertz CT molecular complexity index is 952. The van der Waals surface area contributed by atoms with Crippen LogP contribution in [0.2, 0.25) is 0 Å². The Morgan fingerprint density at radius 3 is 2.56 bits per heavy atom. The lowest BCUT2D eigenvalue weighted by molar-refractivity contribution is 0.0998. The summed E-state index contributed by atoms with van der Waals surface area (Å²) < 4.78 is 5.54. The minimum absolute atomic E-state index is 0.0826. The molecule has 0 spiro atoms. The maximum atomic E-state index is 12.3. The van der Waals surface area contributed by atoms with Gasteiger partial charge in [-0.25, -0.2) is 4.99 Å². The van der Waals surface area contributed by atoms with Crippen LogP contribution in [-0.2, 0) is 0 Å². The van der Waals surface area contributed by atoms with Crippen molar-refractivity contribution in [3.63, 3.8) is 0 Å². The topological polar surface area (TPSA) is 145 Å². The zero-order valence-electron chi connectivity index (χ0n) is 13.1. The quantitative estimate of drug-likeness (QED) is 0.426. The van der Waals surface area contributed by atoms with E-state index in [0.717, 1.165) is 5.39 Å². The normalized spacial score (nSPS) is 11.3. The van der Waals surface area contributed by atoms with Crippen LogP contribution in [0.4, 0.5) is 11.4 Å². The van der Waals surface area contributed by atoms with Crippen LogP contribution in [0.3, 0.4) is 0 Å². The summed E-state index contributed by atoms with van der Waals surface area (Å²) >= 11 is 0. The number of nitrogens with two attached hydrogens (primary N) is 3. The zero-order valence-corrected chi connectivity index (χ0v) is 13.1. The van der Waals surface area contributed by atoms with Gasteiger partial charge in [0.2, 0.25) is 5.96 Å². The Kier molecular flexibility index (Phi) is 4.34. The Hall–Kier alpha value is -3.81. The first-order chi connectivity index (χ1) is 12.0. The van der Waals surface area contributed by atoms with E-state index in [-0.39, 0.29) is 23.6 Å². The third-order valence-electron chi connectivity index (χ3n) is 3.24. The Morgan fingerprint density at radius 1 is 1.00 bits per heavy atom. The van der Waals surface area contributed by atoms with Crippen LogP contribution in [0, 0.1) is 0 Å². The monoisotopic (exact) mass is 336 g/mol. The lowest BCUT2D eigenvalue weighted by atomic mass is 10.2. The van der Waals surface area contributed by atoms with E-state index in [0.29, 0.717) is 17.0 Å². The number of amides is 1. The largest absolute Gasteiger partial charge is 0.451 e. The molecule has 0 aliphatic heterocycles. The van der Waals surface area contributed by atoms with Crippen molar-refractivity contribution in [2.45, 2.75) is 0 Å². The van der Waals surface area contributed by atoms with Gasteiger partial charge in [0.15, 0.2) is 11.7 Å². The highest BCUT2D eigenvalue weighted by Crippen LogP contribution is 2.22. The van der Waals surface area contributed by atoms with E-state index in [1.807, 2.05) is 18.2 Å². The summed E-state index contributed by atoms with van der Waals surface area (Å²) in [4.78, 5) is 20.0. The first-order valence-electron chi connectivity index (χ1n) is 7.35. The summed E-state index contributed by atoms with van der Waals surface area (Å²) in [7, 11) is 0. The minimum atomic E-state index is -0.366. The zero-order chi connectivity index (χ0) is 17.8. The number of carbonyl (C=O) groups is 1. The summed E-state index contributed by atoms with van der Waals surface area (Å²) in [6, 6.07) is 15.8. The molecule has 0 aliphatic rings. The van der Waals surface area contributed by atoms with Crippen molar-refractivity contribution in [2.24, 2.45) is 27.2 Å². The fraction of sp³-hybridized carbons (Fsp3) is 0. The van der Waals surface area contributed by atoms with Crippen molar-refractivity contribution in [3.05, 3.63) is 60.4 Å². The first kappa shape index (κ1) is 16.1. The van der Waals surface area contributed by atoms with Crippen molar-refractivity contribution < 1.29 is 9.21 Å². The number of rotatable bonds is 3. The predicted molar refractivity (Wildman–Crippen MR) is 97.7 cm³/mol. The summed E-state index contributed by atoms with van der Waals surface area (Å²) in [5, 5.41) is 3.60. The third kappa shape index (κ3) is 3.94. The third-order valence-corrected chi connectivity index (χ3v) is 3.24. The standard InChI is InChI=1S/C17H16N6O2/c18-16(19)23-17(20)22-12-6-3-5-11(9-12)21-15(24)14-8-10-4-1-2-7-13(10)25-14/h1-9H,(H,21,24)(H6,18,19,20,22,23). The van der Waals surface area contributed by atoms with Crippen molar-refractivity contribution in [1.29, 1.82) is 0 Å². The number of nitrogens with zero attached hydrogens (tertiary/aromatic N) is 2. The Morgan fingerprint density at radius 2 is 1.80 bits per heavy atom. The van der Waals surface area contributed by atoms with Gasteiger partial charge in [-0.15, -0.1) is 0 Å². The number of nitrogens with one attached hydrogen (secondary N) is 1. The highest BCUT2D eigenvalue weighted by Gasteiger charge is 2.12. The highest BCUT2D eigenvalue weighted by atomic mass is 16.3. The number of anilines is 1. The number of carbonyl (C=O) groups excluding carboxylic acids is 1. The van der Waals surface area contributed by atoms with Gasteiger partial charge in [-0.05, 0) is 30.3 Å². The van der Waals surface area contributed by atoms with Crippen molar-refractivity contribution in [2.75, 3.05) is 5.32 Å². The lowest BCUT2D eigenvalue weighted by Gasteiger charge is -2.04. The maximum Gasteiger partial charge on any atom is 0.291 e. The van der Waals surface area contributed by atoms with E-state index in [1.54, 1.807) is 36.4 Å². The van der Waals surface area contributed by atoms with Crippen LogP contribution < -0.4 is 22.5 Å². The second-order valence-corrected chi connectivity index (χ2v) is 5.16.